The molecule has 0 saturated carbocycles. The molecule has 0 bridgehead atoms. The van der Waals surface area contributed by atoms with Crippen LogP contribution >= 0.6 is 23.1 Å². The number of rotatable bonds is 11. The number of nitriles is 1. The smallest absolute Gasteiger partial charge is 0.272 e. The van der Waals surface area contributed by atoms with Gasteiger partial charge in [0, 0.05) is 26.6 Å². The number of fused-ring (bicyclic) bond motifs is 1. The summed E-state index contributed by atoms with van der Waals surface area (Å²) >= 11 is 2.87. The molecule has 0 spiro atoms. The van der Waals surface area contributed by atoms with Crippen LogP contribution in [0.25, 0.3) is 6.08 Å². The van der Waals surface area contributed by atoms with Gasteiger partial charge in [-0.25, -0.2) is 0 Å². The van der Waals surface area contributed by atoms with Crippen LogP contribution in [-0.4, -0.2) is 29.6 Å². The second-order valence-corrected chi connectivity index (χ2v) is 15.7. The van der Waals surface area contributed by atoms with Crippen LogP contribution in [0.1, 0.15) is 73.0 Å². The summed E-state index contributed by atoms with van der Waals surface area (Å²) in [5.41, 5.74) is 3.42. The van der Waals surface area contributed by atoms with Crippen molar-refractivity contribution in [3.05, 3.63) is 112 Å². The molecule has 2 atom stereocenters. The van der Waals surface area contributed by atoms with Crippen molar-refractivity contribution in [2.24, 2.45) is 11.3 Å². The fourth-order valence-corrected chi connectivity index (χ4v) is 8.04. The number of amides is 3. The molecule has 258 valence electrons. The molecule has 1 aliphatic rings. The zero-order valence-electron chi connectivity index (χ0n) is 29.0. The molecular formula is C40H42N4O4S2. The first-order chi connectivity index (χ1) is 24.0. The lowest BCUT2D eigenvalue weighted by atomic mass is 9.72. The lowest BCUT2D eigenvalue weighted by molar-refractivity contribution is -0.115. The molecule has 2 unspecified atom stereocenters. The largest absolute Gasteiger partial charge is 0.493 e. The zero-order valence-corrected chi connectivity index (χ0v) is 30.6. The first-order valence-electron chi connectivity index (χ1n) is 16.7. The first-order valence-corrected chi connectivity index (χ1v) is 18.4. The van der Waals surface area contributed by atoms with E-state index in [0.717, 1.165) is 29.7 Å². The summed E-state index contributed by atoms with van der Waals surface area (Å²) < 4.78 is 5.75. The number of para-hydroxylation sites is 1. The molecule has 3 amide bonds. The van der Waals surface area contributed by atoms with E-state index < -0.39 is 17.1 Å². The lowest BCUT2D eigenvalue weighted by Crippen LogP contribution is -2.30. The van der Waals surface area contributed by atoms with Gasteiger partial charge in [0.25, 0.3) is 11.8 Å². The molecule has 3 aromatic carbocycles. The molecule has 0 aliphatic heterocycles. The third-order valence-electron chi connectivity index (χ3n) is 8.66. The number of anilines is 2. The molecule has 50 heavy (non-hydrogen) atoms. The highest BCUT2D eigenvalue weighted by molar-refractivity contribution is 8.00. The number of benzene rings is 3. The molecule has 1 heterocycles. The van der Waals surface area contributed by atoms with Crippen molar-refractivity contribution in [3.63, 3.8) is 0 Å². The molecule has 3 N–H and O–H groups in total. The summed E-state index contributed by atoms with van der Waals surface area (Å²) in [6, 6.07) is 25.5. The lowest BCUT2D eigenvalue weighted by Gasteiger charge is -2.33. The summed E-state index contributed by atoms with van der Waals surface area (Å²) in [5.74, 6) is -0.0333. The fourth-order valence-electron chi connectivity index (χ4n) is 5.83. The second-order valence-electron chi connectivity index (χ2n) is 13.2. The van der Waals surface area contributed by atoms with Gasteiger partial charge < -0.3 is 20.7 Å². The Morgan fingerprint density at radius 1 is 1.04 bits per heavy atom. The van der Waals surface area contributed by atoms with Crippen molar-refractivity contribution >= 4 is 57.6 Å². The van der Waals surface area contributed by atoms with Gasteiger partial charge in [-0.15, -0.1) is 23.1 Å². The minimum Gasteiger partial charge on any atom is -0.493 e. The van der Waals surface area contributed by atoms with Gasteiger partial charge in [0.1, 0.15) is 22.5 Å². The average molecular weight is 707 g/mol. The Balaban J connectivity index is 1.30. The maximum absolute atomic E-state index is 13.7. The summed E-state index contributed by atoms with van der Waals surface area (Å²) in [4.78, 5) is 42.1. The molecular weight excluding hydrogens is 665 g/mol. The van der Waals surface area contributed by atoms with E-state index in [-0.39, 0.29) is 17.0 Å². The van der Waals surface area contributed by atoms with Crippen LogP contribution < -0.4 is 20.7 Å². The Hall–Kier alpha value is -4.85. The van der Waals surface area contributed by atoms with Crippen LogP contribution in [0.15, 0.2) is 89.5 Å². The molecule has 0 fully saturated rings. The zero-order chi connectivity index (χ0) is 35.8. The van der Waals surface area contributed by atoms with Crippen molar-refractivity contribution in [3.8, 4) is 11.8 Å². The van der Waals surface area contributed by atoms with E-state index in [0.29, 0.717) is 45.7 Å². The maximum atomic E-state index is 13.7. The number of ether oxygens (including phenoxy) is 1. The molecule has 0 saturated heterocycles. The van der Waals surface area contributed by atoms with Crippen LogP contribution in [0.2, 0.25) is 0 Å². The Kier molecular flexibility index (Phi) is 11.8. The number of thioether (sulfide) groups is 1. The van der Waals surface area contributed by atoms with Crippen LogP contribution in [0.5, 0.6) is 5.75 Å². The number of carbonyl (C=O) groups is 3. The Labute approximate surface area is 302 Å². The number of hydrogen-bond donors (Lipinski definition) is 3. The summed E-state index contributed by atoms with van der Waals surface area (Å²) in [6.07, 6.45) is 4.39. The third kappa shape index (κ3) is 9.03. The number of carbonyl (C=O) groups excluding carboxylic acids is 3. The van der Waals surface area contributed by atoms with Gasteiger partial charge >= 0.3 is 0 Å². The van der Waals surface area contributed by atoms with Crippen LogP contribution in [0, 0.1) is 22.7 Å². The van der Waals surface area contributed by atoms with E-state index in [9.17, 15) is 19.6 Å². The fraction of sp³-hybridized carbons (Fsp3) is 0.300. The number of thiophene rings is 1. The number of hydrogen-bond acceptors (Lipinski definition) is 7. The molecule has 10 heteroatoms. The van der Waals surface area contributed by atoms with E-state index in [1.807, 2.05) is 44.2 Å². The quantitative estimate of drug-likeness (QED) is 0.106. The van der Waals surface area contributed by atoms with Crippen molar-refractivity contribution in [1.29, 1.82) is 5.26 Å². The van der Waals surface area contributed by atoms with Crippen LogP contribution in [0.3, 0.4) is 0 Å². The standard InChI is InChI=1S/C40H42N4O4S2/c1-6-48-34-18-11-10-15-27(34)21-33(43-37(46)26-13-8-7-9-14-26)38(47)42-29-16-12-17-30(23-29)49-25(2)36(45)44-39-32(24-41)31-20-19-28(40(3,4)5)22-35(31)50-39/h7-18,21,23,25,28H,6,19-20,22H2,1-5H3,(H,42,47)(H,43,46)(H,44,45)/b33-21+. The van der Waals surface area contributed by atoms with E-state index in [1.54, 1.807) is 54.6 Å². The minimum atomic E-state index is -0.520. The summed E-state index contributed by atoms with van der Waals surface area (Å²) in [5, 5.41) is 18.8. The Bertz CT molecular complexity index is 1940. The molecule has 4 aromatic rings. The SMILES string of the molecule is CCOc1ccccc1/C=C(/NC(=O)c1ccccc1)C(=O)Nc1cccc(SC(C)C(=O)Nc2sc3c(c2C#N)CCC(C(C)(C)C)C3)c1. The molecule has 0 radical (unpaired) electrons. The topological polar surface area (TPSA) is 120 Å². The third-order valence-corrected chi connectivity index (χ3v) is 10.9. The van der Waals surface area contributed by atoms with Crippen molar-refractivity contribution < 1.29 is 19.1 Å². The van der Waals surface area contributed by atoms with E-state index in [1.165, 1.54) is 28.0 Å². The number of nitrogens with one attached hydrogen (secondary N) is 3. The average Bonchev–Trinajstić information content (AvgIpc) is 3.45. The van der Waals surface area contributed by atoms with Gasteiger partial charge in [0.15, 0.2) is 0 Å². The highest BCUT2D eigenvalue weighted by Gasteiger charge is 2.32. The first kappa shape index (κ1) is 36.4. The highest BCUT2D eigenvalue weighted by atomic mass is 32.2. The van der Waals surface area contributed by atoms with Gasteiger partial charge in [0.05, 0.1) is 17.4 Å². The van der Waals surface area contributed by atoms with Gasteiger partial charge in [-0.3, -0.25) is 14.4 Å². The van der Waals surface area contributed by atoms with E-state index >= 15 is 0 Å². The summed E-state index contributed by atoms with van der Waals surface area (Å²) in [7, 11) is 0. The molecule has 1 aliphatic carbocycles. The molecule has 5 rings (SSSR count). The van der Waals surface area contributed by atoms with Crippen LogP contribution in [-0.2, 0) is 22.4 Å². The van der Waals surface area contributed by atoms with Crippen molar-refractivity contribution in [1.82, 2.24) is 5.32 Å². The van der Waals surface area contributed by atoms with Gasteiger partial charge in [-0.1, -0.05) is 63.2 Å². The summed E-state index contributed by atoms with van der Waals surface area (Å²) in [6.45, 7) is 10.9. The maximum Gasteiger partial charge on any atom is 0.272 e. The van der Waals surface area contributed by atoms with E-state index in [4.69, 9.17) is 4.74 Å². The monoisotopic (exact) mass is 706 g/mol. The minimum absolute atomic E-state index is 0.0394. The van der Waals surface area contributed by atoms with Gasteiger partial charge in [-0.05, 0) is 92.5 Å². The molecule has 8 nitrogen and oxygen atoms in total. The van der Waals surface area contributed by atoms with E-state index in [2.05, 4.69) is 42.8 Å². The highest BCUT2D eigenvalue weighted by Crippen LogP contribution is 2.44. The molecule has 1 aromatic heterocycles. The Morgan fingerprint density at radius 3 is 2.50 bits per heavy atom. The van der Waals surface area contributed by atoms with Gasteiger partial charge in [-0.2, -0.15) is 5.26 Å². The normalized spacial score (nSPS) is 14.9. The predicted octanol–water partition coefficient (Wildman–Crippen LogP) is 8.70. The van der Waals surface area contributed by atoms with Crippen LogP contribution in [0.4, 0.5) is 10.7 Å². The van der Waals surface area contributed by atoms with Crippen molar-refractivity contribution in [2.75, 3.05) is 17.2 Å². The Morgan fingerprint density at radius 2 is 1.78 bits per heavy atom. The number of nitrogens with zero attached hydrogens (tertiary/aromatic N) is 1. The second kappa shape index (κ2) is 16.2. The van der Waals surface area contributed by atoms with Gasteiger partial charge in [0.2, 0.25) is 5.91 Å². The predicted molar refractivity (Wildman–Crippen MR) is 203 cm³/mol. The van der Waals surface area contributed by atoms with Crippen molar-refractivity contribution in [2.45, 2.75) is 64.0 Å².